The standard InChI is InChI=1S/C8H15NO2S/c1-6(2)3-4-9-7(5-12)8(10)11/h7,9,12H,1,3-5H2,2H3,(H,10,11)/t7-/m0/s1. The summed E-state index contributed by atoms with van der Waals surface area (Å²) in [5, 5.41) is 11.5. The van der Waals surface area contributed by atoms with Gasteiger partial charge in [-0.3, -0.25) is 4.79 Å². The van der Waals surface area contributed by atoms with Crippen LogP contribution in [0.1, 0.15) is 13.3 Å². The van der Waals surface area contributed by atoms with Crippen molar-refractivity contribution in [3.63, 3.8) is 0 Å². The Hall–Kier alpha value is -0.480. The fourth-order valence-electron chi connectivity index (χ4n) is 0.690. The Morgan fingerprint density at radius 2 is 2.33 bits per heavy atom. The molecule has 1 atom stereocenters. The molecule has 2 N–H and O–H groups in total. The van der Waals surface area contributed by atoms with Gasteiger partial charge in [0.15, 0.2) is 0 Å². The van der Waals surface area contributed by atoms with Crippen molar-refractivity contribution >= 4 is 18.6 Å². The van der Waals surface area contributed by atoms with Crippen LogP contribution in [0.2, 0.25) is 0 Å². The van der Waals surface area contributed by atoms with Crippen LogP contribution in [-0.4, -0.2) is 29.4 Å². The SMILES string of the molecule is C=C(C)CCN[C@@H](CS)C(=O)O. The zero-order valence-electron chi connectivity index (χ0n) is 7.21. The highest BCUT2D eigenvalue weighted by molar-refractivity contribution is 7.80. The summed E-state index contributed by atoms with van der Waals surface area (Å²) in [6, 6.07) is -0.548. The molecule has 0 radical (unpaired) electrons. The Labute approximate surface area is 78.3 Å². The molecule has 0 aliphatic heterocycles. The van der Waals surface area contributed by atoms with Crippen molar-refractivity contribution in [2.24, 2.45) is 0 Å². The highest BCUT2D eigenvalue weighted by Crippen LogP contribution is 1.94. The van der Waals surface area contributed by atoms with Gasteiger partial charge in [0.05, 0.1) is 0 Å². The zero-order valence-corrected chi connectivity index (χ0v) is 8.10. The zero-order chi connectivity index (χ0) is 9.56. The number of carboxylic acids is 1. The number of hydrogen-bond acceptors (Lipinski definition) is 3. The first-order valence-corrected chi connectivity index (χ1v) is 4.42. The Bertz CT molecular complexity index is 170. The quantitative estimate of drug-likeness (QED) is 0.430. The molecule has 0 fully saturated rings. The highest BCUT2D eigenvalue weighted by Gasteiger charge is 2.13. The third-order valence-corrected chi connectivity index (χ3v) is 1.79. The third-order valence-electron chi connectivity index (χ3n) is 1.42. The van der Waals surface area contributed by atoms with Gasteiger partial charge in [-0.1, -0.05) is 5.57 Å². The van der Waals surface area contributed by atoms with Gasteiger partial charge in [0.2, 0.25) is 0 Å². The van der Waals surface area contributed by atoms with E-state index in [4.69, 9.17) is 5.11 Å². The average molecular weight is 189 g/mol. The van der Waals surface area contributed by atoms with E-state index in [-0.39, 0.29) is 0 Å². The monoisotopic (exact) mass is 189 g/mol. The van der Waals surface area contributed by atoms with Crippen molar-refractivity contribution in [2.45, 2.75) is 19.4 Å². The lowest BCUT2D eigenvalue weighted by Crippen LogP contribution is -2.38. The van der Waals surface area contributed by atoms with E-state index in [0.717, 1.165) is 12.0 Å². The van der Waals surface area contributed by atoms with E-state index >= 15 is 0 Å². The molecular formula is C8H15NO2S. The Morgan fingerprint density at radius 1 is 1.75 bits per heavy atom. The minimum atomic E-state index is -0.855. The minimum Gasteiger partial charge on any atom is -0.480 e. The van der Waals surface area contributed by atoms with E-state index in [9.17, 15) is 4.79 Å². The van der Waals surface area contributed by atoms with Crippen LogP contribution in [0.3, 0.4) is 0 Å². The van der Waals surface area contributed by atoms with Gasteiger partial charge in [-0.25, -0.2) is 0 Å². The summed E-state index contributed by atoms with van der Waals surface area (Å²) in [6.07, 6.45) is 0.803. The second-order valence-corrected chi connectivity index (χ2v) is 3.10. The number of nitrogens with one attached hydrogen (secondary N) is 1. The third kappa shape index (κ3) is 5.21. The summed E-state index contributed by atoms with van der Waals surface area (Å²) >= 11 is 3.91. The van der Waals surface area contributed by atoms with Crippen molar-refractivity contribution in [1.29, 1.82) is 0 Å². The van der Waals surface area contributed by atoms with Crippen LogP contribution in [0.5, 0.6) is 0 Å². The number of carbonyl (C=O) groups is 1. The Balaban J connectivity index is 3.59. The van der Waals surface area contributed by atoms with Crippen LogP contribution in [0.25, 0.3) is 0 Å². The molecule has 4 heteroatoms. The summed E-state index contributed by atoms with van der Waals surface area (Å²) in [5.41, 5.74) is 1.05. The van der Waals surface area contributed by atoms with E-state index in [0.29, 0.717) is 12.3 Å². The maximum Gasteiger partial charge on any atom is 0.321 e. The maximum atomic E-state index is 10.5. The van der Waals surface area contributed by atoms with Gasteiger partial charge < -0.3 is 10.4 Å². The molecule has 0 aromatic rings. The van der Waals surface area contributed by atoms with Crippen molar-refractivity contribution < 1.29 is 9.90 Å². The first-order chi connectivity index (χ1) is 5.57. The van der Waals surface area contributed by atoms with Crippen LogP contribution < -0.4 is 5.32 Å². The van der Waals surface area contributed by atoms with E-state index < -0.39 is 12.0 Å². The Morgan fingerprint density at radius 3 is 2.67 bits per heavy atom. The van der Waals surface area contributed by atoms with Crippen LogP contribution in [0.4, 0.5) is 0 Å². The van der Waals surface area contributed by atoms with Crippen molar-refractivity contribution in [1.82, 2.24) is 5.32 Å². The summed E-state index contributed by atoms with van der Waals surface area (Å²) in [6.45, 7) is 6.28. The lowest BCUT2D eigenvalue weighted by Gasteiger charge is -2.10. The second kappa shape index (κ2) is 6.08. The van der Waals surface area contributed by atoms with Gasteiger partial charge in [-0.15, -0.1) is 6.58 Å². The maximum absolute atomic E-state index is 10.5. The first-order valence-electron chi connectivity index (χ1n) is 3.79. The van der Waals surface area contributed by atoms with Gasteiger partial charge in [0.25, 0.3) is 0 Å². The number of aliphatic carboxylic acids is 1. The lowest BCUT2D eigenvalue weighted by molar-refractivity contribution is -0.138. The molecule has 0 aliphatic rings. The van der Waals surface area contributed by atoms with Crippen molar-refractivity contribution in [3.8, 4) is 0 Å². The lowest BCUT2D eigenvalue weighted by atomic mass is 10.2. The molecule has 12 heavy (non-hydrogen) atoms. The molecule has 0 aromatic heterocycles. The van der Waals surface area contributed by atoms with E-state index in [2.05, 4.69) is 24.5 Å². The molecule has 70 valence electrons. The Kier molecular flexibility index (Phi) is 5.84. The molecule has 0 bridgehead atoms. The summed E-state index contributed by atoms with van der Waals surface area (Å²) in [4.78, 5) is 10.5. The molecule has 0 aromatic carbocycles. The van der Waals surface area contributed by atoms with Crippen LogP contribution in [0.15, 0.2) is 12.2 Å². The van der Waals surface area contributed by atoms with Gasteiger partial charge in [0, 0.05) is 5.75 Å². The van der Waals surface area contributed by atoms with Gasteiger partial charge in [-0.05, 0) is 19.9 Å². The van der Waals surface area contributed by atoms with Crippen LogP contribution in [-0.2, 0) is 4.79 Å². The smallest absolute Gasteiger partial charge is 0.321 e. The van der Waals surface area contributed by atoms with Gasteiger partial charge in [0.1, 0.15) is 6.04 Å². The fourth-order valence-corrected chi connectivity index (χ4v) is 0.975. The summed E-state index contributed by atoms with van der Waals surface area (Å²) in [5.74, 6) is -0.544. The van der Waals surface area contributed by atoms with E-state index in [1.54, 1.807) is 0 Å². The molecule has 0 saturated carbocycles. The number of thiol groups is 1. The fraction of sp³-hybridized carbons (Fsp3) is 0.625. The molecule has 0 aliphatic carbocycles. The minimum absolute atomic E-state index is 0.311. The van der Waals surface area contributed by atoms with Crippen LogP contribution in [0, 0.1) is 0 Å². The van der Waals surface area contributed by atoms with Gasteiger partial charge >= 0.3 is 5.97 Å². The molecular weight excluding hydrogens is 174 g/mol. The van der Waals surface area contributed by atoms with Crippen LogP contribution >= 0.6 is 12.6 Å². The molecule has 0 rings (SSSR count). The number of rotatable bonds is 6. The predicted octanol–water partition coefficient (Wildman–Crippen LogP) is 0.925. The summed E-state index contributed by atoms with van der Waals surface area (Å²) < 4.78 is 0. The first kappa shape index (κ1) is 11.5. The predicted molar refractivity (Wildman–Crippen MR) is 52.7 cm³/mol. The topological polar surface area (TPSA) is 49.3 Å². The second-order valence-electron chi connectivity index (χ2n) is 2.73. The largest absolute Gasteiger partial charge is 0.480 e. The molecule has 0 amide bonds. The van der Waals surface area contributed by atoms with Gasteiger partial charge in [-0.2, -0.15) is 12.6 Å². The molecule has 0 unspecified atom stereocenters. The molecule has 0 heterocycles. The number of hydrogen-bond donors (Lipinski definition) is 3. The molecule has 0 spiro atoms. The van der Waals surface area contributed by atoms with E-state index in [1.165, 1.54) is 0 Å². The normalized spacial score (nSPS) is 12.5. The summed E-state index contributed by atoms with van der Waals surface area (Å²) in [7, 11) is 0. The number of carboxylic acid groups (broad SMARTS) is 1. The average Bonchev–Trinajstić information content (AvgIpc) is 1.96. The highest BCUT2D eigenvalue weighted by atomic mass is 32.1. The van der Waals surface area contributed by atoms with Crippen molar-refractivity contribution in [2.75, 3.05) is 12.3 Å². The van der Waals surface area contributed by atoms with Crippen molar-refractivity contribution in [3.05, 3.63) is 12.2 Å². The van der Waals surface area contributed by atoms with E-state index in [1.807, 2.05) is 6.92 Å². The molecule has 3 nitrogen and oxygen atoms in total. The molecule has 0 saturated heterocycles.